The second-order valence-corrected chi connectivity index (χ2v) is 7.45. The van der Waals surface area contributed by atoms with E-state index in [2.05, 4.69) is 17.6 Å². The summed E-state index contributed by atoms with van der Waals surface area (Å²) in [5.41, 5.74) is 0. The minimum absolute atomic E-state index is 0.300. The summed E-state index contributed by atoms with van der Waals surface area (Å²) in [5.74, 6) is 1.65. The van der Waals surface area contributed by atoms with Crippen LogP contribution in [0.5, 0.6) is 0 Å². The van der Waals surface area contributed by atoms with Crippen molar-refractivity contribution in [1.29, 1.82) is 0 Å². The van der Waals surface area contributed by atoms with Crippen molar-refractivity contribution >= 4 is 5.91 Å². The fourth-order valence-corrected chi connectivity index (χ4v) is 4.62. The number of piperidine rings is 1. The lowest BCUT2D eigenvalue weighted by atomic mass is 9.79. The number of carbonyl (C=O) groups excluding carboxylic acids is 1. The molecule has 114 valence electrons. The van der Waals surface area contributed by atoms with Gasteiger partial charge in [0.1, 0.15) is 0 Å². The van der Waals surface area contributed by atoms with E-state index in [0.29, 0.717) is 30.0 Å². The van der Waals surface area contributed by atoms with Crippen LogP contribution in [0.15, 0.2) is 0 Å². The second-order valence-electron chi connectivity index (χ2n) is 7.45. The zero-order valence-electron chi connectivity index (χ0n) is 12.9. The van der Waals surface area contributed by atoms with Crippen LogP contribution in [0.3, 0.4) is 0 Å². The standard InChI is InChI=1S/C17H30N2O/c1-12(13-5-3-2-4-6-13)9-17(20)19-16-10-14-7-8-15(11-16)18-14/h12-16,18H,2-11H2,1H3,(H,19,20). The third-order valence-electron chi connectivity index (χ3n) is 5.80. The number of carbonyl (C=O) groups is 1. The lowest BCUT2D eigenvalue weighted by Crippen LogP contribution is -2.48. The predicted octanol–water partition coefficient (Wildman–Crippen LogP) is 2.99. The molecule has 0 aromatic rings. The van der Waals surface area contributed by atoms with Crippen molar-refractivity contribution in [1.82, 2.24) is 10.6 Å². The Hall–Kier alpha value is -0.570. The monoisotopic (exact) mass is 278 g/mol. The summed E-state index contributed by atoms with van der Waals surface area (Å²) in [6, 6.07) is 1.75. The maximum absolute atomic E-state index is 12.3. The van der Waals surface area contributed by atoms with Crippen LogP contribution < -0.4 is 10.6 Å². The normalized spacial score (nSPS) is 35.8. The Morgan fingerprint density at radius 1 is 1.10 bits per heavy atom. The average molecular weight is 278 g/mol. The molecule has 3 unspecified atom stereocenters. The van der Waals surface area contributed by atoms with Crippen molar-refractivity contribution in [3.63, 3.8) is 0 Å². The molecule has 1 aliphatic carbocycles. The molecule has 3 atom stereocenters. The minimum Gasteiger partial charge on any atom is -0.353 e. The molecule has 1 amide bonds. The summed E-state index contributed by atoms with van der Waals surface area (Å²) < 4.78 is 0. The van der Waals surface area contributed by atoms with E-state index < -0.39 is 0 Å². The third-order valence-corrected chi connectivity index (χ3v) is 5.80. The van der Waals surface area contributed by atoms with Crippen molar-refractivity contribution in [2.24, 2.45) is 11.8 Å². The Bertz CT molecular complexity index is 326. The molecule has 2 heterocycles. The van der Waals surface area contributed by atoms with Gasteiger partial charge in [-0.1, -0.05) is 39.0 Å². The van der Waals surface area contributed by atoms with Crippen LogP contribution in [-0.2, 0) is 4.79 Å². The maximum atomic E-state index is 12.3. The highest BCUT2D eigenvalue weighted by Gasteiger charge is 2.34. The Balaban J connectivity index is 1.42. The summed E-state index contributed by atoms with van der Waals surface area (Å²) in [6.45, 7) is 2.28. The molecule has 1 saturated carbocycles. The zero-order chi connectivity index (χ0) is 13.9. The summed E-state index contributed by atoms with van der Waals surface area (Å²) in [7, 11) is 0. The van der Waals surface area contributed by atoms with Gasteiger partial charge in [0.05, 0.1) is 0 Å². The van der Waals surface area contributed by atoms with Crippen molar-refractivity contribution in [3.8, 4) is 0 Å². The molecular weight excluding hydrogens is 248 g/mol. The molecular formula is C17H30N2O. The highest BCUT2D eigenvalue weighted by Crippen LogP contribution is 2.32. The lowest BCUT2D eigenvalue weighted by Gasteiger charge is -2.31. The molecule has 0 aromatic heterocycles. The molecule has 0 spiro atoms. The Morgan fingerprint density at radius 2 is 1.75 bits per heavy atom. The van der Waals surface area contributed by atoms with Gasteiger partial charge in [-0.25, -0.2) is 0 Å². The lowest BCUT2D eigenvalue weighted by molar-refractivity contribution is -0.123. The van der Waals surface area contributed by atoms with Crippen LogP contribution in [0.25, 0.3) is 0 Å². The van der Waals surface area contributed by atoms with Gasteiger partial charge in [0, 0.05) is 24.5 Å². The quantitative estimate of drug-likeness (QED) is 0.830. The highest BCUT2D eigenvalue weighted by molar-refractivity contribution is 5.76. The second kappa shape index (κ2) is 6.46. The number of hydrogen-bond donors (Lipinski definition) is 2. The van der Waals surface area contributed by atoms with Crippen molar-refractivity contribution in [2.75, 3.05) is 0 Å². The van der Waals surface area contributed by atoms with Crippen LogP contribution >= 0.6 is 0 Å². The topological polar surface area (TPSA) is 41.1 Å². The van der Waals surface area contributed by atoms with Gasteiger partial charge in [-0.2, -0.15) is 0 Å². The number of rotatable bonds is 4. The average Bonchev–Trinajstić information content (AvgIpc) is 2.78. The predicted molar refractivity (Wildman–Crippen MR) is 81.5 cm³/mol. The number of fused-ring (bicyclic) bond motifs is 2. The summed E-state index contributed by atoms with van der Waals surface area (Å²) in [4.78, 5) is 12.3. The smallest absolute Gasteiger partial charge is 0.220 e. The number of amides is 1. The van der Waals surface area contributed by atoms with Crippen LogP contribution in [-0.4, -0.2) is 24.0 Å². The van der Waals surface area contributed by atoms with Gasteiger partial charge >= 0.3 is 0 Å². The molecule has 2 saturated heterocycles. The van der Waals surface area contributed by atoms with Crippen molar-refractivity contribution < 1.29 is 4.79 Å². The van der Waals surface area contributed by atoms with Crippen LogP contribution in [0.4, 0.5) is 0 Å². The summed E-state index contributed by atoms with van der Waals surface area (Å²) in [6.07, 6.45) is 12.4. The van der Waals surface area contributed by atoms with E-state index in [1.165, 1.54) is 44.9 Å². The Morgan fingerprint density at radius 3 is 2.40 bits per heavy atom. The van der Waals surface area contributed by atoms with Crippen LogP contribution in [0.1, 0.15) is 71.1 Å². The summed E-state index contributed by atoms with van der Waals surface area (Å²) >= 11 is 0. The van der Waals surface area contributed by atoms with Crippen molar-refractivity contribution in [3.05, 3.63) is 0 Å². The molecule has 3 fully saturated rings. The number of hydrogen-bond acceptors (Lipinski definition) is 2. The first kappa shape index (κ1) is 14.4. The molecule has 2 aliphatic heterocycles. The SMILES string of the molecule is CC(CC(=O)NC1CC2CCC(C1)N2)C1CCCCC1. The number of nitrogens with one attached hydrogen (secondary N) is 2. The molecule has 0 radical (unpaired) electrons. The molecule has 3 nitrogen and oxygen atoms in total. The third kappa shape index (κ3) is 3.55. The van der Waals surface area contributed by atoms with Gasteiger partial charge in [-0.15, -0.1) is 0 Å². The van der Waals surface area contributed by atoms with Gasteiger partial charge in [0.25, 0.3) is 0 Å². The van der Waals surface area contributed by atoms with Crippen LogP contribution in [0.2, 0.25) is 0 Å². The minimum atomic E-state index is 0.300. The highest BCUT2D eigenvalue weighted by atomic mass is 16.1. The Kier molecular flexibility index (Phi) is 4.65. The molecule has 2 bridgehead atoms. The van der Waals surface area contributed by atoms with E-state index in [1.807, 2.05) is 0 Å². The maximum Gasteiger partial charge on any atom is 0.220 e. The van der Waals surface area contributed by atoms with E-state index in [4.69, 9.17) is 0 Å². The first-order valence-electron chi connectivity index (χ1n) is 8.76. The summed E-state index contributed by atoms with van der Waals surface area (Å²) in [5, 5.41) is 6.95. The van der Waals surface area contributed by atoms with E-state index >= 15 is 0 Å². The van der Waals surface area contributed by atoms with Gasteiger partial charge in [-0.3, -0.25) is 4.79 Å². The van der Waals surface area contributed by atoms with E-state index in [9.17, 15) is 4.79 Å². The molecule has 3 aliphatic rings. The largest absolute Gasteiger partial charge is 0.353 e. The molecule has 3 heteroatoms. The molecule has 0 aromatic carbocycles. The first-order valence-corrected chi connectivity index (χ1v) is 8.76. The van der Waals surface area contributed by atoms with E-state index in [-0.39, 0.29) is 0 Å². The molecule has 2 N–H and O–H groups in total. The van der Waals surface area contributed by atoms with Gasteiger partial charge in [-0.05, 0) is 37.5 Å². The fraction of sp³-hybridized carbons (Fsp3) is 0.941. The van der Waals surface area contributed by atoms with Gasteiger partial charge in [0.2, 0.25) is 5.91 Å². The molecule has 20 heavy (non-hydrogen) atoms. The van der Waals surface area contributed by atoms with Gasteiger partial charge < -0.3 is 10.6 Å². The fourth-order valence-electron chi connectivity index (χ4n) is 4.62. The Labute approximate surface area is 123 Å². The van der Waals surface area contributed by atoms with E-state index in [1.54, 1.807) is 0 Å². The first-order chi connectivity index (χ1) is 9.70. The van der Waals surface area contributed by atoms with Crippen molar-refractivity contribution in [2.45, 2.75) is 89.3 Å². The zero-order valence-corrected chi connectivity index (χ0v) is 12.9. The van der Waals surface area contributed by atoms with E-state index in [0.717, 1.165) is 25.2 Å². The molecule has 3 rings (SSSR count). The van der Waals surface area contributed by atoms with Gasteiger partial charge in [0.15, 0.2) is 0 Å². The van der Waals surface area contributed by atoms with Crippen LogP contribution in [0, 0.1) is 11.8 Å².